The van der Waals surface area contributed by atoms with Crippen molar-refractivity contribution < 1.29 is 19.0 Å². The molecule has 0 radical (unpaired) electrons. The zero-order valence-corrected chi connectivity index (χ0v) is 15.0. The van der Waals surface area contributed by atoms with E-state index in [1.807, 2.05) is 18.2 Å². The molecule has 0 spiro atoms. The number of ether oxygens (including phenoxy) is 3. The predicted molar refractivity (Wildman–Crippen MR) is 95.3 cm³/mol. The van der Waals surface area contributed by atoms with Crippen molar-refractivity contribution in [2.24, 2.45) is 5.41 Å². The zero-order valence-electron chi connectivity index (χ0n) is 15.0. The van der Waals surface area contributed by atoms with E-state index < -0.39 is 0 Å². The molecule has 1 aromatic carbocycles. The zero-order chi connectivity index (χ0) is 17.5. The molecule has 0 aliphatic carbocycles. The van der Waals surface area contributed by atoms with Gasteiger partial charge in [0, 0.05) is 26.9 Å². The summed E-state index contributed by atoms with van der Waals surface area (Å²) in [6.07, 6.45) is 4.28. The summed E-state index contributed by atoms with van der Waals surface area (Å²) in [6.45, 7) is 2.95. The topological polar surface area (TPSA) is 56.8 Å². The number of amides is 1. The second-order valence-electron chi connectivity index (χ2n) is 7.19. The smallest absolute Gasteiger partial charge is 0.249 e. The normalized spacial score (nSPS) is 25.6. The Hall–Kier alpha value is -1.43. The summed E-state index contributed by atoms with van der Waals surface area (Å²) in [5, 5.41) is 3.07. The molecule has 0 unspecified atom stereocenters. The number of rotatable bonds is 7. The molecule has 0 saturated carbocycles. The van der Waals surface area contributed by atoms with E-state index in [0.29, 0.717) is 6.54 Å². The van der Waals surface area contributed by atoms with Gasteiger partial charge in [-0.15, -0.1) is 0 Å². The van der Waals surface area contributed by atoms with E-state index in [9.17, 15) is 4.79 Å². The molecule has 2 heterocycles. The van der Waals surface area contributed by atoms with Crippen LogP contribution in [-0.2, 0) is 19.0 Å². The van der Waals surface area contributed by atoms with E-state index in [0.717, 1.165) is 57.5 Å². The fourth-order valence-corrected chi connectivity index (χ4v) is 3.88. The average Bonchev–Trinajstić information content (AvgIpc) is 3.14. The van der Waals surface area contributed by atoms with E-state index in [1.54, 1.807) is 7.11 Å². The lowest BCUT2D eigenvalue weighted by atomic mass is 9.78. The van der Waals surface area contributed by atoms with Gasteiger partial charge in [0.2, 0.25) is 5.91 Å². The lowest BCUT2D eigenvalue weighted by Gasteiger charge is -2.36. The van der Waals surface area contributed by atoms with Crippen LogP contribution in [0.3, 0.4) is 0 Å². The molecule has 2 fully saturated rings. The van der Waals surface area contributed by atoms with Crippen molar-refractivity contribution in [3.05, 3.63) is 35.9 Å². The minimum absolute atomic E-state index is 0.0121. The predicted octanol–water partition coefficient (Wildman–Crippen LogP) is 2.86. The number of carbonyl (C=O) groups is 1. The van der Waals surface area contributed by atoms with Crippen LogP contribution in [0.1, 0.15) is 43.8 Å². The van der Waals surface area contributed by atoms with E-state index in [2.05, 4.69) is 17.4 Å². The average molecular weight is 347 g/mol. The van der Waals surface area contributed by atoms with Gasteiger partial charge in [-0.1, -0.05) is 30.3 Å². The quantitative estimate of drug-likeness (QED) is 0.824. The number of benzene rings is 1. The maximum atomic E-state index is 12.4. The molecule has 5 heteroatoms. The van der Waals surface area contributed by atoms with Gasteiger partial charge >= 0.3 is 0 Å². The molecular formula is C20H29NO4. The Kier molecular flexibility index (Phi) is 6.45. The van der Waals surface area contributed by atoms with Crippen molar-refractivity contribution >= 4 is 5.91 Å². The molecule has 2 aliphatic rings. The molecule has 0 bridgehead atoms. The Balaban J connectivity index is 1.45. The van der Waals surface area contributed by atoms with Crippen LogP contribution in [-0.4, -0.2) is 45.5 Å². The monoisotopic (exact) mass is 347 g/mol. The first kappa shape index (κ1) is 18.4. The minimum atomic E-state index is -0.335. The van der Waals surface area contributed by atoms with Gasteiger partial charge in [0.15, 0.2) is 0 Å². The van der Waals surface area contributed by atoms with E-state index in [4.69, 9.17) is 14.2 Å². The first-order chi connectivity index (χ1) is 12.2. The molecule has 25 heavy (non-hydrogen) atoms. The van der Waals surface area contributed by atoms with Crippen LogP contribution in [0.4, 0.5) is 0 Å². The van der Waals surface area contributed by atoms with E-state index >= 15 is 0 Å². The Morgan fingerprint density at radius 3 is 2.72 bits per heavy atom. The SMILES string of the molecule is COCC1(CCNC(=O)[C@@H]2CC[C@H](c3ccccc3)O2)CCOCC1. The fourth-order valence-electron chi connectivity index (χ4n) is 3.88. The first-order valence-electron chi connectivity index (χ1n) is 9.27. The Morgan fingerprint density at radius 2 is 2.00 bits per heavy atom. The second-order valence-corrected chi connectivity index (χ2v) is 7.19. The molecule has 2 saturated heterocycles. The lowest BCUT2D eigenvalue weighted by molar-refractivity contribution is -0.132. The van der Waals surface area contributed by atoms with E-state index in [-0.39, 0.29) is 23.5 Å². The highest BCUT2D eigenvalue weighted by Crippen LogP contribution is 2.35. The molecule has 1 N–H and O–H groups in total. The number of hydrogen-bond donors (Lipinski definition) is 1. The van der Waals surface area contributed by atoms with Gasteiger partial charge in [-0.25, -0.2) is 0 Å². The van der Waals surface area contributed by atoms with Crippen LogP contribution < -0.4 is 5.32 Å². The summed E-state index contributed by atoms with van der Waals surface area (Å²) in [5.74, 6) is 0.0121. The molecule has 5 nitrogen and oxygen atoms in total. The van der Waals surface area contributed by atoms with Crippen LogP contribution in [0.25, 0.3) is 0 Å². The molecule has 3 rings (SSSR count). The summed E-state index contributed by atoms with van der Waals surface area (Å²) in [4.78, 5) is 12.4. The van der Waals surface area contributed by atoms with Gasteiger partial charge in [-0.2, -0.15) is 0 Å². The molecule has 1 aromatic rings. The molecule has 138 valence electrons. The van der Waals surface area contributed by atoms with Crippen molar-refractivity contribution in [1.29, 1.82) is 0 Å². The molecule has 2 atom stereocenters. The maximum Gasteiger partial charge on any atom is 0.249 e. The van der Waals surface area contributed by atoms with Crippen LogP contribution >= 0.6 is 0 Å². The Morgan fingerprint density at radius 1 is 1.24 bits per heavy atom. The Bertz CT molecular complexity index is 536. The molecule has 2 aliphatic heterocycles. The summed E-state index contributed by atoms with van der Waals surface area (Å²) in [6, 6.07) is 10.1. The highest BCUT2D eigenvalue weighted by atomic mass is 16.5. The summed E-state index contributed by atoms with van der Waals surface area (Å²) in [5.41, 5.74) is 1.28. The van der Waals surface area contributed by atoms with Crippen molar-refractivity contribution in [2.75, 3.05) is 33.5 Å². The van der Waals surface area contributed by atoms with Crippen LogP contribution in [0, 0.1) is 5.41 Å². The maximum absolute atomic E-state index is 12.4. The summed E-state index contributed by atoms with van der Waals surface area (Å²) >= 11 is 0. The van der Waals surface area contributed by atoms with Crippen molar-refractivity contribution in [3.63, 3.8) is 0 Å². The number of hydrogen-bond acceptors (Lipinski definition) is 4. The largest absolute Gasteiger partial charge is 0.384 e. The van der Waals surface area contributed by atoms with Crippen LogP contribution in [0.15, 0.2) is 30.3 Å². The van der Waals surface area contributed by atoms with Gasteiger partial charge in [0.25, 0.3) is 0 Å². The third-order valence-corrected chi connectivity index (χ3v) is 5.44. The van der Waals surface area contributed by atoms with Gasteiger partial charge in [-0.3, -0.25) is 4.79 Å². The third kappa shape index (κ3) is 4.81. The van der Waals surface area contributed by atoms with E-state index in [1.165, 1.54) is 0 Å². The van der Waals surface area contributed by atoms with Gasteiger partial charge < -0.3 is 19.5 Å². The van der Waals surface area contributed by atoms with Gasteiger partial charge in [0.05, 0.1) is 12.7 Å². The highest BCUT2D eigenvalue weighted by molar-refractivity contribution is 5.81. The van der Waals surface area contributed by atoms with Gasteiger partial charge in [0.1, 0.15) is 6.10 Å². The first-order valence-corrected chi connectivity index (χ1v) is 9.27. The fraction of sp³-hybridized carbons (Fsp3) is 0.650. The third-order valence-electron chi connectivity index (χ3n) is 5.44. The Labute approximate surface area is 150 Å². The summed E-state index contributed by atoms with van der Waals surface area (Å²) < 4.78 is 16.9. The van der Waals surface area contributed by atoms with Crippen molar-refractivity contribution in [3.8, 4) is 0 Å². The number of nitrogens with one attached hydrogen (secondary N) is 1. The summed E-state index contributed by atoms with van der Waals surface area (Å²) in [7, 11) is 1.74. The highest BCUT2D eigenvalue weighted by Gasteiger charge is 2.34. The van der Waals surface area contributed by atoms with Crippen molar-refractivity contribution in [2.45, 2.75) is 44.3 Å². The van der Waals surface area contributed by atoms with Crippen LogP contribution in [0.5, 0.6) is 0 Å². The van der Waals surface area contributed by atoms with Crippen LogP contribution in [0.2, 0.25) is 0 Å². The standard InChI is InChI=1S/C20H29NO4/c1-23-15-20(10-13-24-14-11-20)9-12-21-19(22)18-8-7-17(25-18)16-5-3-2-4-6-16/h2-6,17-18H,7-15H2,1H3,(H,21,22)/t17-,18+/m1/s1. The minimum Gasteiger partial charge on any atom is -0.384 e. The lowest BCUT2D eigenvalue weighted by Crippen LogP contribution is -2.40. The number of carbonyl (C=O) groups excluding carboxylic acids is 1. The van der Waals surface area contributed by atoms with Gasteiger partial charge in [-0.05, 0) is 43.1 Å². The van der Waals surface area contributed by atoms with Crippen molar-refractivity contribution in [1.82, 2.24) is 5.32 Å². The second kappa shape index (κ2) is 8.79. The molecule has 1 amide bonds. The molecule has 0 aromatic heterocycles. The number of methoxy groups -OCH3 is 1. The molecular weight excluding hydrogens is 318 g/mol.